The number of nitrogen functional groups attached to an aromatic ring is 1. The Morgan fingerprint density at radius 1 is 1.10 bits per heavy atom. The minimum absolute atomic E-state index is 0.0380. The maximum Gasteiger partial charge on any atom is 0.272 e. The van der Waals surface area contributed by atoms with Gasteiger partial charge in [-0.25, -0.2) is 0 Å². The highest BCUT2D eigenvalue weighted by molar-refractivity contribution is 6.04. The lowest BCUT2D eigenvalue weighted by Gasteiger charge is -2.36. The van der Waals surface area contributed by atoms with Gasteiger partial charge in [-0.15, -0.1) is 0 Å². The summed E-state index contributed by atoms with van der Waals surface area (Å²) >= 11 is 0. The first-order chi connectivity index (χ1) is 24.5. The molecule has 2 aromatic carbocycles. The van der Waals surface area contributed by atoms with Gasteiger partial charge in [0.25, 0.3) is 5.91 Å². The van der Waals surface area contributed by atoms with E-state index in [9.17, 15) is 29.7 Å². The fraction of sp³-hybridized carbons (Fsp3) is 0.444. The largest absolute Gasteiger partial charge is 0.490 e. The highest BCUT2D eigenvalue weighted by Crippen LogP contribution is 2.37. The van der Waals surface area contributed by atoms with Crippen molar-refractivity contribution in [1.82, 2.24) is 9.47 Å². The first-order valence-corrected chi connectivity index (χ1v) is 17.0. The van der Waals surface area contributed by atoms with E-state index in [1.165, 1.54) is 0 Å². The van der Waals surface area contributed by atoms with Crippen LogP contribution in [0.4, 0.5) is 22.7 Å². The van der Waals surface area contributed by atoms with Crippen LogP contribution in [-0.2, 0) is 21.4 Å². The number of hydrogen-bond donors (Lipinski definition) is 6. The molecule has 0 saturated carbocycles. The zero-order valence-electron chi connectivity index (χ0n) is 28.7. The molecule has 3 amide bonds. The summed E-state index contributed by atoms with van der Waals surface area (Å²) in [4.78, 5) is 43.6. The van der Waals surface area contributed by atoms with E-state index in [2.05, 4.69) is 15.6 Å². The standard InChI is InChI=1S/C36H46N6O9/c1-22-14-31(50-34-17-29(45)35(47)32(20-43)51-34)30(16-27(22)38-18-26-6-3-4-12-42(26)21-44)49-13-5-7-33(46)39-25-15-28(41(2)19-25)36(48)40-24-10-8-23(37)9-11-24/h8-11,14-16,18-19,21,26,29,32,34-35,43,45,47H,3-7,12-13,17,20,37H2,1-2H3,(H,39,46)(H,40,48). The number of carbonyl (C=O) groups is 3. The van der Waals surface area contributed by atoms with E-state index in [1.54, 1.807) is 71.4 Å². The summed E-state index contributed by atoms with van der Waals surface area (Å²) in [6.45, 7) is 2.15. The number of carbonyl (C=O) groups excluding carboxylic acids is 3. The number of amides is 3. The molecule has 3 aromatic rings. The first-order valence-electron chi connectivity index (χ1n) is 17.0. The Hall–Kier alpha value is -4.96. The Balaban J connectivity index is 1.22. The Morgan fingerprint density at radius 2 is 1.88 bits per heavy atom. The van der Waals surface area contributed by atoms with E-state index in [0.29, 0.717) is 52.9 Å². The third kappa shape index (κ3) is 9.85. The maximum atomic E-state index is 12.8. The van der Waals surface area contributed by atoms with E-state index < -0.39 is 31.2 Å². The van der Waals surface area contributed by atoms with Crippen molar-refractivity contribution in [3.8, 4) is 11.5 Å². The highest BCUT2D eigenvalue weighted by Gasteiger charge is 2.37. The first kappa shape index (κ1) is 37.3. The Morgan fingerprint density at radius 3 is 2.63 bits per heavy atom. The van der Waals surface area contributed by atoms with E-state index in [1.807, 2.05) is 6.92 Å². The molecular weight excluding hydrogens is 660 g/mol. The molecule has 2 saturated heterocycles. The number of likely N-dealkylation sites (tertiary alicyclic amines) is 1. The third-order valence-corrected chi connectivity index (χ3v) is 8.85. The summed E-state index contributed by atoms with van der Waals surface area (Å²) in [6.07, 6.45) is 3.01. The number of aryl methyl sites for hydroxylation is 2. The second-order valence-corrected chi connectivity index (χ2v) is 12.8. The van der Waals surface area contributed by atoms with E-state index in [4.69, 9.17) is 19.9 Å². The van der Waals surface area contributed by atoms with Crippen LogP contribution in [0.15, 0.2) is 53.7 Å². The van der Waals surface area contributed by atoms with Crippen LogP contribution in [0.5, 0.6) is 11.5 Å². The number of aliphatic hydroxyl groups excluding tert-OH is 3. The molecule has 1 aromatic heterocycles. The predicted molar refractivity (Wildman–Crippen MR) is 190 cm³/mol. The van der Waals surface area contributed by atoms with Gasteiger partial charge in [0.1, 0.15) is 17.9 Å². The fourth-order valence-corrected chi connectivity index (χ4v) is 5.97. The van der Waals surface area contributed by atoms with Crippen molar-refractivity contribution < 1.29 is 43.9 Å². The molecule has 2 aliphatic rings. The number of benzene rings is 2. The van der Waals surface area contributed by atoms with Gasteiger partial charge < -0.3 is 55.4 Å². The van der Waals surface area contributed by atoms with Crippen molar-refractivity contribution in [2.24, 2.45) is 12.0 Å². The van der Waals surface area contributed by atoms with Crippen molar-refractivity contribution in [3.05, 3.63) is 59.9 Å². The van der Waals surface area contributed by atoms with Crippen LogP contribution in [0.25, 0.3) is 0 Å². The van der Waals surface area contributed by atoms with Crippen LogP contribution < -0.4 is 25.8 Å². The molecule has 0 radical (unpaired) electrons. The van der Waals surface area contributed by atoms with Gasteiger partial charge in [-0.3, -0.25) is 19.4 Å². The number of nitrogens with zero attached hydrogens (tertiary/aromatic N) is 3. The maximum absolute atomic E-state index is 12.8. The summed E-state index contributed by atoms with van der Waals surface area (Å²) in [7, 11) is 1.71. The average molecular weight is 707 g/mol. The summed E-state index contributed by atoms with van der Waals surface area (Å²) in [5.41, 5.74) is 9.06. The summed E-state index contributed by atoms with van der Waals surface area (Å²) in [6, 6.07) is 11.7. The SMILES string of the molecule is Cc1cc(OC2CC(O)C(O)C(CO)O2)c(OCCCC(=O)Nc2cc(C(=O)Nc3ccc(N)cc3)n(C)c2)cc1N=CC1CCCCN1C=O. The minimum Gasteiger partial charge on any atom is -0.490 e. The highest BCUT2D eigenvalue weighted by atomic mass is 16.7. The molecule has 0 spiro atoms. The van der Waals surface area contributed by atoms with Gasteiger partial charge in [-0.1, -0.05) is 0 Å². The Bertz CT molecular complexity index is 1690. The van der Waals surface area contributed by atoms with Crippen LogP contribution in [-0.4, -0.2) is 99.6 Å². The quantitative estimate of drug-likeness (QED) is 0.0625. The number of nitrogens with one attached hydrogen (secondary N) is 2. The van der Waals surface area contributed by atoms with Crippen molar-refractivity contribution in [3.63, 3.8) is 0 Å². The Labute approximate surface area is 296 Å². The number of ether oxygens (including phenoxy) is 3. The van der Waals surface area contributed by atoms with Gasteiger partial charge in [0.2, 0.25) is 18.6 Å². The molecule has 7 N–H and O–H groups in total. The molecule has 51 heavy (non-hydrogen) atoms. The minimum atomic E-state index is -1.25. The van der Waals surface area contributed by atoms with Gasteiger partial charge in [-0.05, 0) is 74.6 Å². The average Bonchev–Trinajstić information content (AvgIpc) is 3.48. The number of hydrogen-bond acceptors (Lipinski definition) is 11. The summed E-state index contributed by atoms with van der Waals surface area (Å²) < 4.78 is 19.5. The summed E-state index contributed by atoms with van der Waals surface area (Å²) in [5, 5.41) is 35.7. The normalized spacial score (nSPS) is 22.1. The molecule has 274 valence electrons. The van der Waals surface area contributed by atoms with Crippen molar-refractivity contribution in [1.29, 1.82) is 0 Å². The van der Waals surface area contributed by atoms with Crippen molar-refractivity contribution in [2.75, 3.05) is 36.1 Å². The molecule has 15 nitrogen and oxygen atoms in total. The number of aliphatic imine (C=N–C) groups is 1. The van der Waals surface area contributed by atoms with Gasteiger partial charge in [-0.2, -0.15) is 0 Å². The number of piperidine rings is 1. The Kier molecular flexibility index (Phi) is 12.7. The van der Waals surface area contributed by atoms with Crippen LogP contribution in [0.1, 0.15) is 54.6 Å². The number of rotatable bonds is 14. The van der Waals surface area contributed by atoms with Crippen LogP contribution in [0.2, 0.25) is 0 Å². The van der Waals surface area contributed by atoms with Crippen LogP contribution in [0.3, 0.4) is 0 Å². The van der Waals surface area contributed by atoms with E-state index >= 15 is 0 Å². The monoisotopic (exact) mass is 706 g/mol. The number of aliphatic hydroxyl groups is 3. The lowest BCUT2D eigenvalue weighted by molar-refractivity contribution is -0.230. The lowest BCUT2D eigenvalue weighted by Crippen LogP contribution is -2.51. The van der Waals surface area contributed by atoms with E-state index in [-0.39, 0.29) is 37.3 Å². The molecule has 5 rings (SSSR count). The zero-order chi connectivity index (χ0) is 36.5. The van der Waals surface area contributed by atoms with Crippen molar-refractivity contribution in [2.45, 2.75) is 76.1 Å². The van der Waals surface area contributed by atoms with Crippen LogP contribution in [0, 0.1) is 6.92 Å². The second kappa shape index (κ2) is 17.3. The van der Waals surface area contributed by atoms with Gasteiger partial charge in [0.05, 0.1) is 36.7 Å². The van der Waals surface area contributed by atoms with Crippen LogP contribution >= 0.6 is 0 Å². The van der Waals surface area contributed by atoms with E-state index in [0.717, 1.165) is 31.2 Å². The topological polar surface area (TPSA) is 210 Å². The molecule has 0 bridgehead atoms. The molecule has 0 aliphatic carbocycles. The third-order valence-electron chi connectivity index (χ3n) is 8.85. The number of nitrogens with two attached hydrogens (primary N) is 1. The smallest absolute Gasteiger partial charge is 0.272 e. The molecule has 5 unspecified atom stereocenters. The van der Waals surface area contributed by atoms with Gasteiger partial charge >= 0.3 is 0 Å². The molecule has 3 heterocycles. The van der Waals surface area contributed by atoms with Gasteiger partial charge in [0, 0.05) is 56.3 Å². The predicted octanol–water partition coefficient (Wildman–Crippen LogP) is 2.89. The fourth-order valence-electron chi connectivity index (χ4n) is 5.97. The number of aromatic nitrogens is 1. The molecular formula is C36H46N6O9. The second-order valence-electron chi connectivity index (χ2n) is 12.8. The molecule has 15 heteroatoms. The summed E-state index contributed by atoms with van der Waals surface area (Å²) in [5.74, 6) is -0.00572. The lowest BCUT2D eigenvalue weighted by atomic mass is 10.0. The molecule has 2 aliphatic heterocycles. The molecule has 2 fully saturated rings. The van der Waals surface area contributed by atoms with Gasteiger partial charge in [0.15, 0.2) is 11.5 Å². The van der Waals surface area contributed by atoms with Crippen molar-refractivity contribution >= 4 is 47.2 Å². The zero-order valence-corrected chi connectivity index (χ0v) is 28.7. The molecule has 5 atom stereocenters. The number of anilines is 3.